The highest BCUT2D eigenvalue weighted by atomic mass is 16.2. The predicted octanol–water partition coefficient (Wildman–Crippen LogP) is 3.35. The molecule has 3 amide bonds. The van der Waals surface area contributed by atoms with Gasteiger partial charge in [0.2, 0.25) is 0 Å². The molecule has 22 heavy (non-hydrogen) atoms. The number of carbonyl (C=O) groups is 2. The molecule has 0 bridgehead atoms. The van der Waals surface area contributed by atoms with Crippen molar-refractivity contribution in [2.75, 3.05) is 10.6 Å². The Hall–Kier alpha value is -3.08. The smallest absolute Gasteiger partial charge is 0.326 e. The van der Waals surface area contributed by atoms with Crippen LogP contribution >= 0.6 is 0 Å². The van der Waals surface area contributed by atoms with Crippen LogP contribution in [0.15, 0.2) is 72.4 Å². The number of imide groups is 1. The molecule has 2 aromatic carbocycles. The normalized spacial score (nSPS) is 10.7. The molecular weight excluding hydrogens is 278 g/mol. The zero-order valence-electron chi connectivity index (χ0n) is 12.2. The molecule has 0 heterocycles. The number of rotatable bonds is 4. The summed E-state index contributed by atoms with van der Waals surface area (Å²) in [5.41, 5.74) is 2.13. The van der Waals surface area contributed by atoms with Gasteiger partial charge in [-0.1, -0.05) is 36.4 Å². The Kier molecular flexibility index (Phi) is 5.31. The zero-order valence-corrected chi connectivity index (χ0v) is 12.2. The van der Waals surface area contributed by atoms with Gasteiger partial charge in [-0.3, -0.25) is 10.1 Å². The number of para-hydroxylation sites is 2. The zero-order chi connectivity index (χ0) is 15.8. The number of amides is 3. The number of nitrogens with one attached hydrogen (secondary N) is 3. The molecule has 2 aromatic rings. The Balaban J connectivity index is 1.86. The molecule has 0 aliphatic carbocycles. The molecule has 0 saturated heterocycles. The molecule has 0 atom stereocenters. The van der Waals surface area contributed by atoms with Gasteiger partial charge in [0.25, 0.3) is 5.91 Å². The Bertz CT molecular complexity index is 667. The lowest BCUT2D eigenvalue weighted by atomic mass is 10.3. The van der Waals surface area contributed by atoms with Crippen molar-refractivity contribution < 1.29 is 9.59 Å². The number of allylic oxidation sites excluding steroid dienone is 1. The van der Waals surface area contributed by atoms with E-state index in [1.165, 1.54) is 6.08 Å². The molecule has 3 N–H and O–H groups in total. The minimum Gasteiger partial charge on any atom is -0.359 e. The van der Waals surface area contributed by atoms with Crippen molar-refractivity contribution in [1.29, 1.82) is 0 Å². The van der Waals surface area contributed by atoms with Gasteiger partial charge in [0.15, 0.2) is 0 Å². The molecule has 0 aromatic heterocycles. The van der Waals surface area contributed by atoms with Crippen molar-refractivity contribution in [1.82, 2.24) is 5.32 Å². The fraction of sp³-hybridized carbons (Fsp3) is 0.0588. The van der Waals surface area contributed by atoms with Crippen LogP contribution in [0.1, 0.15) is 6.92 Å². The van der Waals surface area contributed by atoms with E-state index in [0.717, 1.165) is 5.69 Å². The fourth-order valence-corrected chi connectivity index (χ4v) is 1.81. The monoisotopic (exact) mass is 295 g/mol. The Morgan fingerprint density at radius 2 is 1.32 bits per heavy atom. The van der Waals surface area contributed by atoms with Crippen LogP contribution < -0.4 is 16.0 Å². The van der Waals surface area contributed by atoms with Crippen LogP contribution in [-0.2, 0) is 4.79 Å². The van der Waals surface area contributed by atoms with E-state index in [1.807, 2.05) is 36.4 Å². The van der Waals surface area contributed by atoms with Gasteiger partial charge in [0.05, 0.1) is 0 Å². The van der Waals surface area contributed by atoms with Crippen molar-refractivity contribution >= 4 is 23.3 Å². The maximum atomic E-state index is 11.8. The van der Waals surface area contributed by atoms with E-state index in [2.05, 4.69) is 16.0 Å². The highest BCUT2D eigenvalue weighted by molar-refractivity contribution is 6.05. The third-order valence-electron chi connectivity index (χ3n) is 2.73. The first-order valence-electron chi connectivity index (χ1n) is 6.81. The first-order chi connectivity index (χ1) is 10.6. The van der Waals surface area contributed by atoms with Gasteiger partial charge in [0.1, 0.15) is 0 Å². The summed E-state index contributed by atoms with van der Waals surface area (Å²) in [5, 5.41) is 7.88. The van der Waals surface area contributed by atoms with Crippen molar-refractivity contribution in [3.05, 3.63) is 72.4 Å². The van der Waals surface area contributed by atoms with E-state index in [1.54, 1.807) is 31.2 Å². The van der Waals surface area contributed by atoms with Gasteiger partial charge in [-0.25, -0.2) is 4.79 Å². The number of hydrogen-bond acceptors (Lipinski definition) is 3. The predicted molar refractivity (Wildman–Crippen MR) is 87.4 cm³/mol. The lowest BCUT2D eigenvalue weighted by Gasteiger charge is -2.07. The molecule has 0 radical (unpaired) electrons. The SMILES string of the molecule is C/C(=C\C(=O)NC(=O)Nc1ccccc1)Nc1ccccc1. The lowest BCUT2D eigenvalue weighted by Crippen LogP contribution is -2.33. The number of anilines is 2. The third-order valence-corrected chi connectivity index (χ3v) is 2.73. The summed E-state index contributed by atoms with van der Waals surface area (Å²) in [6.07, 6.45) is 1.33. The minimum atomic E-state index is -0.569. The second kappa shape index (κ2) is 7.64. The average Bonchev–Trinajstić information content (AvgIpc) is 2.48. The summed E-state index contributed by atoms with van der Waals surface area (Å²) in [6.45, 7) is 1.75. The largest absolute Gasteiger partial charge is 0.359 e. The van der Waals surface area contributed by atoms with E-state index >= 15 is 0 Å². The Labute approximate surface area is 129 Å². The molecule has 0 fully saturated rings. The fourth-order valence-electron chi connectivity index (χ4n) is 1.81. The summed E-state index contributed by atoms with van der Waals surface area (Å²) < 4.78 is 0. The van der Waals surface area contributed by atoms with Crippen molar-refractivity contribution in [3.63, 3.8) is 0 Å². The van der Waals surface area contributed by atoms with Gasteiger partial charge >= 0.3 is 6.03 Å². The van der Waals surface area contributed by atoms with Crippen molar-refractivity contribution in [3.8, 4) is 0 Å². The number of carbonyl (C=O) groups excluding carboxylic acids is 2. The summed E-state index contributed by atoms with van der Waals surface area (Å²) in [4.78, 5) is 23.4. The average molecular weight is 295 g/mol. The van der Waals surface area contributed by atoms with Crippen molar-refractivity contribution in [2.45, 2.75) is 6.92 Å². The molecule has 2 rings (SSSR count). The van der Waals surface area contributed by atoms with Crippen LogP contribution in [0.5, 0.6) is 0 Å². The summed E-state index contributed by atoms with van der Waals surface area (Å²) in [6, 6.07) is 17.8. The molecule has 112 valence electrons. The molecule has 0 unspecified atom stereocenters. The molecule has 0 aliphatic heterocycles. The summed E-state index contributed by atoms with van der Waals surface area (Å²) in [7, 11) is 0. The van der Waals surface area contributed by atoms with Crippen molar-refractivity contribution in [2.24, 2.45) is 0 Å². The van der Waals surface area contributed by atoms with Crippen LogP contribution in [0, 0.1) is 0 Å². The third kappa shape index (κ3) is 5.13. The van der Waals surface area contributed by atoms with E-state index in [9.17, 15) is 9.59 Å². The van der Waals surface area contributed by atoms with E-state index in [0.29, 0.717) is 11.4 Å². The quantitative estimate of drug-likeness (QED) is 0.758. The molecular formula is C17H17N3O2. The first kappa shape index (κ1) is 15.3. The van der Waals surface area contributed by atoms with Gasteiger partial charge in [-0.2, -0.15) is 0 Å². The molecule has 0 saturated carbocycles. The van der Waals surface area contributed by atoms with Gasteiger partial charge in [-0.05, 0) is 31.2 Å². The van der Waals surface area contributed by atoms with E-state index in [-0.39, 0.29) is 0 Å². The molecule has 5 nitrogen and oxygen atoms in total. The van der Waals surface area contributed by atoms with E-state index in [4.69, 9.17) is 0 Å². The number of benzene rings is 2. The van der Waals surface area contributed by atoms with Crippen LogP contribution in [-0.4, -0.2) is 11.9 Å². The van der Waals surface area contributed by atoms with Crippen LogP contribution in [0.25, 0.3) is 0 Å². The number of hydrogen-bond donors (Lipinski definition) is 3. The van der Waals surface area contributed by atoms with E-state index < -0.39 is 11.9 Å². The second-order valence-electron chi connectivity index (χ2n) is 4.63. The highest BCUT2D eigenvalue weighted by Gasteiger charge is 2.05. The second-order valence-corrected chi connectivity index (χ2v) is 4.63. The summed E-state index contributed by atoms with van der Waals surface area (Å²) >= 11 is 0. The van der Waals surface area contributed by atoms with Crippen LogP contribution in [0.3, 0.4) is 0 Å². The van der Waals surface area contributed by atoms with Crippen LogP contribution in [0.2, 0.25) is 0 Å². The van der Waals surface area contributed by atoms with Gasteiger partial charge in [0, 0.05) is 23.1 Å². The molecule has 0 spiro atoms. The van der Waals surface area contributed by atoms with Crippen LogP contribution in [0.4, 0.5) is 16.2 Å². The Morgan fingerprint density at radius 1 is 0.818 bits per heavy atom. The maximum Gasteiger partial charge on any atom is 0.326 e. The first-order valence-corrected chi connectivity index (χ1v) is 6.81. The standard InChI is InChI=1S/C17H17N3O2/c1-13(18-14-8-4-2-5-9-14)12-16(21)20-17(22)19-15-10-6-3-7-11-15/h2-12,18H,1H3,(H2,19,20,21,22)/b13-12+. The van der Waals surface area contributed by atoms with Gasteiger partial charge in [-0.15, -0.1) is 0 Å². The lowest BCUT2D eigenvalue weighted by molar-refractivity contribution is -0.115. The topological polar surface area (TPSA) is 70.2 Å². The summed E-state index contributed by atoms with van der Waals surface area (Å²) in [5.74, 6) is -0.491. The Morgan fingerprint density at radius 3 is 1.86 bits per heavy atom. The van der Waals surface area contributed by atoms with Gasteiger partial charge < -0.3 is 10.6 Å². The molecule has 5 heteroatoms. The maximum absolute atomic E-state index is 11.8. The number of urea groups is 1. The molecule has 0 aliphatic rings. The minimum absolute atomic E-state index is 0.491. The highest BCUT2D eigenvalue weighted by Crippen LogP contribution is 2.08.